The number of hydrogen-bond acceptors (Lipinski definition) is 14. The molecule has 8 aromatic rings. The molecule has 0 spiro atoms. The third-order valence-electron chi connectivity index (χ3n) is 19.4. The van der Waals surface area contributed by atoms with E-state index < -0.39 is 57.0 Å². The summed E-state index contributed by atoms with van der Waals surface area (Å²) >= 11 is 0. The molecular formula is C94H127Cl2F9N2O13S2. The second kappa shape index (κ2) is 50.3. The second-order valence-corrected chi connectivity index (χ2v) is 38.5. The number of phenolic OH excluding ortho intramolecular Hbond substituents is 5. The van der Waals surface area contributed by atoms with Gasteiger partial charge in [0.25, 0.3) is 0 Å². The Labute approximate surface area is 733 Å². The number of carbonyl (C=O) groups is 1. The lowest BCUT2D eigenvalue weighted by Gasteiger charge is -2.28. The van der Waals surface area contributed by atoms with Gasteiger partial charge in [0.15, 0.2) is 57.5 Å². The maximum atomic E-state index is 12.6. The molecule has 680 valence electrons. The minimum Gasteiger partial charge on any atom is -0.504 e. The third-order valence-corrected chi connectivity index (χ3v) is 23.3. The first-order valence-corrected chi connectivity index (χ1v) is 41.8. The molecule has 0 radical (unpaired) electrons. The van der Waals surface area contributed by atoms with E-state index in [2.05, 4.69) is 45.9 Å². The first kappa shape index (κ1) is 111. The van der Waals surface area contributed by atoms with Crippen LogP contribution in [0.3, 0.4) is 0 Å². The first-order valence-electron chi connectivity index (χ1n) is 39.3. The van der Waals surface area contributed by atoms with Crippen LogP contribution in [0.15, 0.2) is 168 Å². The Morgan fingerprint density at radius 3 is 0.836 bits per heavy atom. The molecule has 7 N–H and O–H groups in total. The van der Waals surface area contributed by atoms with E-state index in [1.165, 1.54) is 21.3 Å². The molecular weight excluding hydrogens is 1670 g/mol. The van der Waals surface area contributed by atoms with Crippen LogP contribution < -0.4 is 29.4 Å². The summed E-state index contributed by atoms with van der Waals surface area (Å²) in [6.45, 7) is 30.6. The van der Waals surface area contributed by atoms with Gasteiger partial charge in [-0.15, -0.1) is 24.8 Å². The normalized spacial score (nSPS) is 12.5. The van der Waals surface area contributed by atoms with E-state index in [0.29, 0.717) is 40.8 Å². The Hall–Kier alpha value is -8.69. The van der Waals surface area contributed by atoms with Gasteiger partial charge in [-0.1, -0.05) is 108 Å². The van der Waals surface area contributed by atoms with Gasteiger partial charge in [0.1, 0.15) is 17.3 Å². The van der Waals surface area contributed by atoms with E-state index in [1.54, 1.807) is 68.8 Å². The van der Waals surface area contributed by atoms with Gasteiger partial charge in [-0.3, -0.25) is 9.00 Å². The monoisotopic (exact) mass is 1800 g/mol. The van der Waals surface area contributed by atoms with Gasteiger partial charge in [0.05, 0.1) is 57.0 Å². The van der Waals surface area contributed by atoms with E-state index in [4.69, 9.17) is 29.4 Å². The van der Waals surface area contributed by atoms with Crippen molar-refractivity contribution in [1.29, 1.82) is 0 Å². The molecule has 28 heteroatoms. The molecule has 0 aliphatic carbocycles. The minimum absolute atomic E-state index is 0. The number of aryl methyl sites for hydroxylation is 7. The quantitative estimate of drug-likeness (QED) is 0.0140. The number of nitrogens with two attached hydrogens (primary N) is 1. The fraction of sp³-hybridized carbons (Fsp3) is 0.468. The largest absolute Gasteiger partial charge is 0.504 e. The van der Waals surface area contributed by atoms with Gasteiger partial charge in [-0.25, -0.2) is 4.21 Å². The zero-order valence-corrected chi connectivity index (χ0v) is 77.1. The number of hydrogen-bond donors (Lipinski definition) is 6. The number of methoxy groups -OCH3 is 5. The first-order chi connectivity index (χ1) is 55.5. The van der Waals surface area contributed by atoms with Gasteiger partial charge in [0, 0.05) is 38.1 Å². The van der Waals surface area contributed by atoms with Gasteiger partial charge in [-0.05, 0) is 304 Å². The van der Waals surface area contributed by atoms with Gasteiger partial charge >= 0.3 is 18.5 Å². The Morgan fingerprint density at radius 1 is 0.361 bits per heavy atom. The fourth-order valence-electron chi connectivity index (χ4n) is 11.3. The molecule has 0 aliphatic rings. The van der Waals surface area contributed by atoms with Crippen molar-refractivity contribution in [3.8, 4) is 57.5 Å². The second-order valence-electron chi connectivity index (χ2n) is 34.4. The molecule has 0 saturated carbocycles. The van der Waals surface area contributed by atoms with E-state index in [0.717, 1.165) is 183 Å². The molecule has 8 rings (SSSR count). The van der Waals surface area contributed by atoms with E-state index in [-0.39, 0.29) is 90.4 Å². The van der Waals surface area contributed by atoms with Crippen LogP contribution in [0.1, 0.15) is 215 Å². The molecule has 0 saturated heterocycles. The predicted molar refractivity (Wildman–Crippen MR) is 479 cm³/mol. The number of rotatable bonds is 30. The smallest absolute Gasteiger partial charge is 0.416 e. The number of nitrogens with zero attached hydrogens (tertiary/aromatic N) is 1. The number of alkyl halides is 9. The standard InChI is InChI=1S/2C21H25F3O2.C17H28O3S.C15H23NO3S.C12H19NO2.C8H5F3O.2ClH/c2*1-20(2,13-11-16-6-9-18(25)19(14-16)26-3)12-10-15-4-7-17(8-5-15)21(22,23)24;1-16(2,3)21(19)12-17(4,5)10-9-13-7-8-14(18)15(11-13)20-6;1-11(16-20(18)15(2,3)4)6-7-12-8-9-13(17)14(10-12)19-5;1-12(2,13)7-6-9-4-5-10(14)11(8-9)15-3;9-8(10,11)7-3-1-6(5-12)2-4-7;;/h2*4-9,14,25H,10-13H2,1-3H3;7-8,11,18H,9-10,12H2,1-6H3;8-10,17H,6-7H2,1-5H3;4-5,8,14H,6-7,13H2,1-3H3;1-5H;2*1H/t;;21-;20-;;;;/m..01..../s1. The third kappa shape index (κ3) is 42.6. The van der Waals surface area contributed by atoms with Crippen molar-refractivity contribution in [3.63, 3.8) is 0 Å². The van der Waals surface area contributed by atoms with Crippen LogP contribution in [0.2, 0.25) is 0 Å². The fourth-order valence-corrected chi connectivity index (χ4v) is 13.2. The van der Waals surface area contributed by atoms with E-state index >= 15 is 0 Å². The lowest BCUT2D eigenvalue weighted by molar-refractivity contribution is -0.138. The lowest BCUT2D eigenvalue weighted by atomic mass is 9.81. The highest BCUT2D eigenvalue weighted by Gasteiger charge is 2.33. The number of aromatic hydroxyl groups is 5. The van der Waals surface area contributed by atoms with Crippen LogP contribution in [-0.4, -0.2) is 102 Å². The number of carbonyl (C=O) groups excluding carboxylic acids is 1. The van der Waals surface area contributed by atoms with Crippen LogP contribution in [0.4, 0.5) is 39.5 Å². The molecule has 0 unspecified atom stereocenters. The van der Waals surface area contributed by atoms with Gasteiger partial charge in [-0.2, -0.15) is 43.9 Å². The summed E-state index contributed by atoms with van der Waals surface area (Å²) in [6.07, 6.45) is -0.489. The van der Waals surface area contributed by atoms with Crippen molar-refractivity contribution in [2.24, 2.45) is 26.4 Å². The zero-order chi connectivity index (χ0) is 91.0. The summed E-state index contributed by atoms with van der Waals surface area (Å²) < 4.78 is 165. The molecule has 2 atom stereocenters. The summed E-state index contributed by atoms with van der Waals surface area (Å²) in [5.41, 5.74) is 12.3. The Balaban J connectivity index is 0.000000742. The molecule has 0 aliphatic heterocycles. The topological polar surface area (TPSA) is 237 Å². The predicted octanol–water partition coefficient (Wildman–Crippen LogP) is 24.6. The number of aldehydes is 1. The van der Waals surface area contributed by atoms with Crippen LogP contribution in [-0.2, 0) is 85.3 Å². The Bertz CT molecular complexity index is 4410. The Kier molecular flexibility index (Phi) is 45.9. The lowest BCUT2D eigenvalue weighted by Crippen LogP contribution is -2.32. The van der Waals surface area contributed by atoms with Crippen molar-refractivity contribution in [3.05, 3.63) is 225 Å². The van der Waals surface area contributed by atoms with Crippen LogP contribution in [0.5, 0.6) is 57.5 Å². The number of benzene rings is 8. The van der Waals surface area contributed by atoms with E-state index in [9.17, 15) is 78.3 Å². The molecule has 0 bridgehead atoms. The SMILES string of the molecule is COc1cc(CCC(C)(C)CCc2ccc(C(F)(F)F)cc2)ccc1O.COc1cc(CCC(C)(C)CCc2ccc(C(F)(F)F)cc2)ccc1O.COc1cc(CCC(C)(C)C[S@](=O)C(C)(C)C)ccc1O.COc1cc(CCC(C)(C)N)ccc1O.COc1cc(CCC(C)=N[S@](=O)C(C)(C)C)ccc1O.Cl.Cl.O=Cc1ccc(C(F)(F)F)cc1. The highest BCUT2D eigenvalue weighted by atomic mass is 35.5. The van der Waals surface area contributed by atoms with Crippen LogP contribution in [0.25, 0.3) is 0 Å². The van der Waals surface area contributed by atoms with Crippen molar-refractivity contribution in [1.82, 2.24) is 0 Å². The van der Waals surface area contributed by atoms with Crippen molar-refractivity contribution < 1.29 is 102 Å². The van der Waals surface area contributed by atoms with Gasteiger partial charge in [0.2, 0.25) is 0 Å². The average molecular weight is 1800 g/mol. The van der Waals surface area contributed by atoms with Gasteiger partial charge < -0.3 is 55.0 Å². The molecule has 122 heavy (non-hydrogen) atoms. The summed E-state index contributed by atoms with van der Waals surface area (Å²) in [6, 6.07) is 41.6. The number of halogens is 11. The van der Waals surface area contributed by atoms with Crippen molar-refractivity contribution in [2.75, 3.05) is 41.3 Å². The molecule has 0 heterocycles. The van der Waals surface area contributed by atoms with Crippen molar-refractivity contribution >= 4 is 58.6 Å². The summed E-state index contributed by atoms with van der Waals surface area (Å²) in [5, 5.41) is 47.8. The van der Waals surface area contributed by atoms with Crippen LogP contribution >= 0.6 is 24.8 Å². The highest BCUT2D eigenvalue weighted by Crippen LogP contribution is 2.39. The number of ether oxygens (including phenoxy) is 5. The summed E-state index contributed by atoms with van der Waals surface area (Å²) in [5.74, 6) is 3.83. The highest BCUT2D eigenvalue weighted by molar-refractivity contribution is 7.86. The maximum Gasteiger partial charge on any atom is 0.416 e. The molecule has 15 nitrogen and oxygen atoms in total. The Morgan fingerprint density at radius 2 is 0.598 bits per heavy atom. The van der Waals surface area contributed by atoms with Crippen LogP contribution in [0, 0.1) is 16.2 Å². The molecule has 0 amide bonds. The number of phenols is 5. The van der Waals surface area contributed by atoms with Crippen molar-refractivity contribution in [2.45, 2.75) is 227 Å². The minimum atomic E-state index is -4.33. The zero-order valence-electron chi connectivity index (χ0n) is 73.8. The van der Waals surface area contributed by atoms with E-state index in [1.807, 2.05) is 123 Å². The summed E-state index contributed by atoms with van der Waals surface area (Å²) in [7, 11) is 5.61. The molecule has 8 aromatic carbocycles. The maximum absolute atomic E-state index is 12.6. The average Bonchev–Trinajstić information content (AvgIpc) is 0.865. The molecule has 0 fully saturated rings. The molecule has 0 aromatic heterocycles. The summed E-state index contributed by atoms with van der Waals surface area (Å²) in [4.78, 5) is 10.1.